The molecule has 1 atom stereocenters. The highest BCUT2D eigenvalue weighted by molar-refractivity contribution is 8.00. The molecule has 0 unspecified atom stereocenters. The van der Waals surface area contributed by atoms with Gasteiger partial charge in [-0.15, -0.1) is 10.2 Å². The molecule has 0 aliphatic carbocycles. The molecule has 0 saturated heterocycles. The van der Waals surface area contributed by atoms with E-state index < -0.39 is 0 Å². The molecule has 140 valence electrons. The molecule has 27 heavy (non-hydrogen) atoms. The highest BCUT2D eigenvalue weighted by atomic mass is 32.2. The van der Waals surface area contributed by atoms with Gasteiger partial charge in [0.2, 0.25) is 11.1 Å². The predicted molar refractivity (Wildman–Crippen MR) is 110 cm³/mol. The molecule has 1 amide bonds. The van der Waals surface area contributed by atoms with Gasteiger partial charge in [-0.1, -0.05) is 55.1 Å². The molecule has 0 aliphatic heterocycles. The molecule has 0 bridgehead atoms. The minimum Gasteiger partial charge on any atom is -0.335 e. The Labute approximate surface area is 163 Å². The van der Waals surface area contributed by atoms with Crippen LogP contribution in [0.15, 0.2) is 53.7 Å². The Morgan fingerprint density at radius 1 is 1.19 bits per heavy atom. The van der Waals surface area contributed by atoms with Crippen LogP contribution in [0.2, 0.25) is 0 Å². The van der Waals surface area contributed by atoms with Crippen molar-refractivity contribution in [3.63, 3.8) is 0 Å². The summed E-state index contributed by atoms with van der Waals surface area (Å²) in [5, 5.41) is 11.4. The van der Waals surface area contributed by atoms with Crippen LogP contribution in [-0.2, 0) is 11.2 Å². The molecule has 0 spiro atoms. The van der Waals surface area contributed by atoms with Crippen LogP contribution in [0.4, 0.5) is 5.69 Å². The van der Waals surface area contributed by atoms with Crippen LogP contribution >= 0.6 is 11.8 Å². The van der Waals surface area contributed by atoms with E-state index in [0.717, 1.165) is 23.2 Å². The first-order valence-electron chi connectivity index (χ1n) is 8.82. The van der Waals surface area contributed by atoms with Gasteiger partial charge in [0.05, 0.1) is 5.25 Å². The van der Waals surface area contributed by atoms with Crippen molar-refractivity contribution >= 4 is 23.4 Å². The summed E-state index contributed by atoms with van der Waals surface area (Å²) < 4.78 is 1.44. The standard InChI is InChI=1S/C20H23N5OS/c1-4-15-9-11-16(12-10-15)22-19(26)14(3)27-20-24-23-18(25(20)21)17-8-6-5-7-13(17)2/h5-12,14H,4,21H2,1-3H3,(H,22,26)/t14-/m1/s1. The van der Waals surface area contributed by atoms with Crippen molar-refractivity contribution in [2.75, 3.05) is 11.2 Å². The number of rotatable bonds is 6. The van der Waals surface area contributed by atoms with Gasteiger partial charge in [-0.05, 0) is 43.5 Å². The Bertz CT molecular complexity index is 936. The number of carbonyl (C=O) groups excluding carboxylic acids is 1. The quantitative estimate of drug-likeness (QED) is 0.503. The van der Waals surface area contributed by atoms with Gasteiger partial charge in [0.1, 0.15) is 0 Å². The average molecular weight is 382 g/mol. The lowest BCUT2D eigenvalue weighted by Gasteiger charge is -2.12. The summed E-state index contributed by atoms with van der Waals surface area (Å²) in [5.74, 6) is 6.65. The van der Waals surface area contributed by atoms with Crippen molar-refractivity contribution in [3.05, 3.63) is 59.7 Å². The fourth-order valence-corrected chi connectivity index (χ4v) is 3.41. The minimum atomic E-state index is -0.368. The second kappa shape index (κ2) is 8.26. The first-order chi connectivity index (χ1) is 13.0. The van der Waals surface area contributed by atoms with E-state index >= 15 is 0 Å². The zero-order valence-electron chi connectivity index (χ0n) is 15.6. The number of aromatic nitrogens is 3. The molecule has 3 aromatic rings. The summed E-state index contributed by atoms with van der Waals surface area (Å²) in [4.78, 5) is 12.5. The van der Waals surface area contributed by atoms with E-state index in [1.807, 2.05) is 62.4 Å². The number of nitrogens with one attached hydrogen (secondary N) is 1. The van der Waals surface area contributed by atoms with Crippen LogP contribution < -0.4 is 11.2 Å². The van der Waals surface area contributed by atoms with Crippen LogP contribution in [0, 0.1) is 6.92 Å². The summed E-state index contributed by atoms with van der Waals surface area (Å²) in [6.45, 7) is 5.92. The van der Waals surface area contributed by atoms with Crippen LogP contribution in [-0.4, -0.2) is 26.0 Å². The topological polar surface area (TPSA) is 85.8 Å². The highest BCUT2D eigenvalue weighted by Gasteiger charge is 2.20. The summed E-state index contributed by atoms with van der Waals surface area (Å²) >= 11 is 1.28. The molecular formula is C20H23N5OS. The van der Waals surface area contributed by atoms with Crippen LogP contribution in [0.25, 0.3) is 11.4 Å². The minimum absolute atomic E-state index is 0.107. The molecule has 0 aliphatic rings. The van der Waals surface area contributed by atoms with E-state index in [2.05, 4.69) is 22.4 Å². The van der Waals surface area contributed by atoms with E-state index in [9.17, 15) is 4.79 Å². The number of benzene rings is 2. The van der Waals surface area contributed by atoms with Crippen LogP contribution in [0.1, 0.15) is 25.0 Å². The van der Waals surface area contributed by atoms with Gasteiger partial charge < -0.3 is 11.2 Å². The number of nitrogen functional groups attached to an aromatic ring is 1. The molecule has 0 radical (unpaired) electrons. The Morgan fingerprint density at radius 2 is 1.89 bits per heavy atom. The first-order valence-corrected chi connectivity index (χ1v) is 9.70. The van der Waals surface area contributed by atoms with Gasteiger partial charge in [-0.3, -0.25) is 4.79 Å². The van der Waals surface area contributed by atoms with Gasteiger partial charge >= 0.3 is 0 Å². The monoisotopic (exact) mass is 381 g/mol. The Balaban J connectivity index is 1.69. The SMILES string of the molecule is CCc1ccc(NC(=O)[C@@H](C)Sc2nnc(-c3ccccc3C)n2N)cc1. The molecule has 3 N–H and O–H groups in total. The van der Waals surface area contributed by atoms with E-state index in [-0.39, 0.29) is 11.2 Å². The molecule has 6 nitrogen and oxygen atoms in total. The van der Waals surface area contributed by atoms with Crippen molar-refractivity contribution in [2.45, 2.75) is 37.6 Å². The second-order valence-electron chi connectivity index (χ2n) is 6.29. The van der Waals surface area contributed by atoms with Crippen molar-refractivity contribution in [1.29, 1.82) is 0 Å². The maximum absolute atomic E-state index is 12.5. The van der Waals surface area contributed by atoms with Gasteiger partial charge in [-0.25, -0.2) is 4.68 Å². The summed E-state index contributed by atoms with van der Waals surface area (Å²) in [6, 6.07) is 15.7. The number of carbonyl (C=O) groups is 1. The van der Waals surface area contributed by atoms with Crippen molar-refractivity contribution in [1.82, 2.24) is 14.9 Å². The number of hydrogen-bond acceptors (Lipinski definition) is 5. The van der Waals surface area contributed by atoms with Crippen LogP contribution in [0.3, 0.4) is 0 Å². The fourth-order valence-electron chi connectivity index (χ4n) is 2.64. The fraction of sp³-hybridized carbons (Fsp3) is 0.250. The van der Waals surface area contributed by atoms with Gasteiger partial charge in [0.15, 0.2) is 5.82 Å². The summed E-state index contributed by atoms with van der Waals surface area (Å²) in [7, 11) is 0. The van der Waals surface area contributed by atoms with Gasteiger partial charge in [-0.2, -0.15) is 0 Å². The average Bonchev–Trinajstić information content (AvgIpc) is 3.03. The van der Waals surface area contributed by atoms with Crippen molar-refractivity contribution in [2.24, 2.45) is 0 Å². The maximum atomic E-state index is 12.5. The van der Waals surface area contributed by atoms with E-state index in [1.165, 1.54) is 22.0 Å². The maximum Gasteiger partial charge on any atom is 0.237 e. The summed E-state index contributed by atoms with van der Waals surface area (Å²) in [6.07, 6.45) is 0.968. The number of hydrogen-bond donors (Lipinski definition) is 2. The van der Waals surface area contributed by atoms with Gasteiger partial charge in [0, 0.05) is 11.3 Å². The molecule has 1 heterocycles. The normalized spacial score (nSPS) is 12.0. The lowest BCUT2D eigenvalue weighted by atomic mass is 10.1. The molecule has 7 heteroatoms. The van der Waals surface area contributed by atoms with E-state index in [1.54, 1.807) is 0 Å². The van der Waals surface area contributed by atoms with E-state index in [4.69, 9.17) is 5.84 Å². The first kappa shape index (κ1) is 19.0. The second-order valence-corrected chi connectivity index (χ2v) is 7.60. The number of anilines is 1. The number of thioether (sulfide) groups is 1. The predicted octanol–water partition coefficient (Wildman–Crippen LogP) is 3.65. The molecule has 0 fully saturated rings. The number of aryl methyl sites for hydroxylation is 2. The number of nitrogens with two attached hydrogens (primary N) is 1. The molecule has 1 aromatic heterocycles. The Hall–Kier alpha value is -2.80. The van der Waals surface area contributed by atoms with Crippen molar-refractivity contribution < 1.29 is 4.79 Å². The third-order valence-electron chi connectivity index (χ3n) is 4.33. The lowest BCUT2D eigenvalue weighted by molar-refractivity contribution is -0.115. The lowest BCUT2D eigenvalue weighted by Crippen LogP contribution is -2.23. The highest BCUT2D eigenvalue weighted by Crippen LogP contribution is 2.27. The molecule has 3 rings (SSSR count). The zero-order chi connectivity index (χ0) is 19.4. The van der Waals surface area contributed by atoms with Crippen LogP contribution in [0.5, 0.6) is 0 Å². The number of nitrogens with zero attached hydrogens (tertiary/aromatic N) is 3. The van der Waals surface area contributed by atoms with Gasteiger partial charge in [0.25, 0.3) is 0 Å². The number of amides is 1. The van der Waals surface area contributed by atoms with E-state index in [0.29, 0.717) is 11.0 Å². The Kier molecular flexibility index (Phi) is 5.81. The summed E-state index contributed by atoms with van der Waals surface area (Å²) in [5.41, 5.74) is 4.00. The smallest absolute Gasteiger partial charge is 0.237 e. The third-order valence-corrected chi connectivity index (χ3v) is 5.39. The largest absolute Gasteiger partial charge is 0.335 e. The molecule has 2 aromatic carbocycles. The third kappa shape index (κ3) is 4.31. The van der Waals surface area contributed by atoms with Crippen molar-refractivity contribution in [3.8, 4) is 11.4 Å². The zero-order valence-corrected chi connectivity index (χ0v) is 16.5. The molecule has 0 saturated carbocycles. The Morgan fingerprint density at radius 3 is 2.56 bits per heavy atom. The molecular weight excluding hydrogens is 358 g/mol.